The standard InChI is InChI=1S/C11H12F3N/c12-10-5-2-8(3-6-10)1-4-9(7-15)11(13)14/h1-6,9,11H,7,15H2/b4-1+. The first kappa shape index (κ1) is 11.8. The molecular weight excluding hydrogens is 203 g/mol. The molecule has 0 heterocycles. The van der Waals surface area contributed by atoms with Gasteiger partial charge in [-0.15, -0.1) is 0 Å². The third-order valence-corrected chi connectivity index (χ3v) is 2.00. The molecule has 0 bridgehead atoms. The van der Waals surface area contributed by atoms with Crippen molar-refractivity contribution in [2.24, 2.45) is 11.7 Å². The van der Waals surface area contributed by atoms with Crippen LogP contribution in [0.3, 0.4) is 0 Å². The summed E-state index contributed by atoms with van der Waals surface area (Å²) in [6, 6.07) is 5.59. The Morgan fingerprint density at radius 2 is 1.80 bits per heavy atom. The van der Waals surface area contributed by atoms with E-state index in [0.29, 0.717) is 5.56 Å². The maximum Gasteiger partial charge on any atom is 0.246 e. The highest BCUT2D eigenvalue weighted by Crippen LogP contribution is 2.12. The van der Waals surface area contributed by atoms with Crippen LogP contribution in [0.4, 0.5) is 13.2 Å². The van der Waals surface area contributed by atoms with Crippen molar-refractivity contribution in [2.75, 3.05) is 6.54 Å². The summed E-state index contributed by atoms with van der Waals surface area (Å²) in [5.74, 6) is -1.30. The van der Waals surface area contributed by atoms with Crippen molar-refractivity contribution < 1.29 is 13.2 Å². The van der Waals surface area contributed by atoms with Crippen LogP contribution < -0.4 is 5.73 Å². The van der Waals surface area contributed by atoms with E-state index in [-0.39, 0.29) is 12.4 Å². The summed E-state index contributed by atoms with van der Waals surface area (Å²) in [4.78, 5) is 0. The SMILES string of the molecule is NCC(/C=C/c1ccc(F)cc1)C(F)F. The fourth-order valence-corrected chi connectivity index (χ4v) is 1.07. The number of alkyl halides is 2. The molecule has 1 atom stereocenters. The van der Waals surface area contributed by atoms with Crippen LogP contribution >= 0.6 is 0 Å². The molecule has 1 unspecified atom stereocenters. The van der Waals surface area contributed by atoms with Crippen molar-refractivity contribution in [2.45, 2.75) is 6.43 Å². The molecule has 0 saturated heterocycles. The van der Waals surface area contributed by atoms with Gasteiger partial charge in [-0.3, -0.25) is 0 Å². The van der Waals surface area contributed by atoms with Gasteiger partial charge in [0.1, 0.15) is 5.82 Å². The van der Waals surface area contributed by atoms with Crippen molar-refractivity contribution >= 4 is 6.08 Å². The normalized spacial score (nSPS) is 13.7. The second-order valence-electron chi connectivity index (χ2n) is 3.14. The van der Waals surface area contributed by atoms with E-state index in [1.165, 1.54) is 36.4 Å². The largest absolute Gasteiger partial charge is 0.330 e. The van der Waals surface area contributed by atoms with E-state index in [1.807, 2.05) is 0 Å². The van der Waals surface area contributed by atoms with Gasteiger partial charge < -0.3 is 5.73 Å². The van der Waals surface area contributed by atoms with E-state index >= 15 is 0 Å². The van der Waals surface area contributed by atoms with Gasteiger partial charge in [0.2, 0.25) is 6.43 Å². The third kappa shape index (κ3) is 3.75. The zero-order valence-electron chi connectivity index (χ0n) is 8.04. The van der Waals surface area contributed by atoms with E-state index in [2.05, 4.69) is 0 Å². The summed E-state index contributed by atoms with van der Waals surface area (Å²) in [6.45, 7) is -0.102. The van der Waals surface area contributed by atoms with Gasteiger partial charge in [-0.2, -0.15) is 0 Å². The first-order chi connectivity index (χ1) is 7.13. The molecule has 0 aromatic heterocycles. The Balaban J connectivity index is 2.67. The molecular formula is C11H12F3N. The first-order valence-electron chi connectivity index (χ1n) is 4.55. The fraction of sp³-hybridized carbons (Fsp3) is 0.273. The molecule has 0 aliphatic carbocycles. The smallest absolute Gasteiger partial charge is 0.246 e. The number of hydrogen-bond acceptors (Lipinski definition) is 1. The molecule has 15 heavy (non-hydrogen) atoms. The zero-order chi connectivity index (χ0) is 11.3. The highest BCUT2D eigenvalue weighted by Gasteiger charge is 2.14. The second kappa shape index (κ2) is 5.56. The molecule has 0 aliphatic rings. The van der Waals surface area contributed by atoms with E-state index in [0.717, 1.165) is 0 Å². The van der Waals surface area contributed by atoms with Gasteiger partial charge in [0.15, 0.2) is 0 Å². The van der Waals surface area contributed by atoms with Gasteiger partial charge >= 0.3 is 0 Å². The number of rotatable bonds is 4. The molecule has 0 aliphatic heterocycles. The van der Waals surface area contributed by atoms with Gasteiger partial charge in [0.25, 0.3) is 0 Å². The van der Waals surface area contributed by atoms with E-state index in [9.17, 15) is 13.2 Å². The zero-order valence-corrected chi connectivity index (χ0v) is 8.04. The van der Waals surface area contributed by atoms with Crippen LogP contribution in [0.15, 0.2) is 30.3 Å². The maximum atomic E-state index is 12.5. The molecule has 1 aromatic carbocycles. The van der Waals surface area contributed by atoms with Crippen LogP contribution in [0, 0.1) is 11.7 Å². The summed E-state index contributed by atoms with van der Waals surface area (Å²) >= 11 is 0. The van der Waals surface area contributed by atoms with Gasteiger partial charge in [0, 0.05) is 6.54 Å². The van der Waals surface area contributed by atoms with Crippen LogP contribution in [0.25, 0.3) is 6.08 Å². The first-order valence-corrected chi connectivity index (χ1v) is 4.55. The van der Waals surface area contributed by atoms with Crippen LogP contribution in [0.5, 0.6) is 0 Å². The summed E-state index contributed by atoms with van der Waals surface area (Å²) < 4.78 is 37.1. The minimum absolute atomic E-state index is 0.102. The Bertz CT molecular complexity index is 319. The Hall–Kier alpha value is -1.29. The minimum Gasteiger partial charge on any atom is -0.330 e. The number of hydrogen-bond donors (Lipinski definition) is 1. The molecule has 0 fully saturated rings. The Kier molecular flexibility index (Phi) is 4.37. The van der Waals surface area contributed by atoms with Crippen molar-refractivity contribution in [3.05, 3.63) is 41.7 Å². The van der Waals surface area contributed by atoms with Gasteiger partial charge in [0.05, 0.1) is 5.92 Å². The molecule has 0 saturated carbocycles. The molecule has 82 valence electrons. The van der Waals surface area contributed by atoms with Crippen molar-refractivity contribution in [1.29, 1.82) is 0 Å². The summed E-state index contributed by atoms with van der Waals surface area (Å²) in [6.07, 6.45) is 0.396. The lowest BCUT2D eigenvalue weighted by Gasteiger charge is -2.07. The molecule has 1 rings (SSSR count). The predicted octanol–water partition coefficient (Wildman–Crippen LogP) is 2.68. The van der Waals surface area contributed by atoms with Crippen LogP contribution in [-0.2, 0) is 0 Å². The van der Waals surface area contributed by atoms with E-state index in [1.54, 1.807) is 0 Å². The van der Waals surface area contributed by atoms with Crippen LogP contribution in [0.1, 0.15) is 5.56 Å². The number of benzene rings is 1. The summed E-state index contributed by atoms with van der Waals surface area (Å²) in [5.41, 5.74) is 5.85. The lowest BCUT2D eigenvalue weighted by molar-refractivity contribution is 0.104. The van der Waals surface area contributed by atoms with Gasteiger partial charge in [-0.1, -0.05) is 24.3 Å². The molecule has 2 N–H and O–H groups in total. The van der Waals surface area contributed by atoms with Crippen molar-refractivity contribution in [3.63, 3.8) is 0 Å². The number of halogens is 3. The molecule has 4 heteroatoms. The Morgan fingerprint density at radius 1 is 1.20 bits per heavy atom. The third-order valence-electron chi connectivity index (χ3n) is 2.00. The van der Waals surface area contributed by atoms with Crippen LogP contribution in [-0.4, -0.2) is 13.0 Å². The quantitative estimate of drug-likeness (QED) is 0.821. The lowest BCUT2D eigenvalue weighted by Crippen LogP contribution is -2.19. The monoisotopic (exact) mass is 215 g/mol. The molecule has 0 spiro atoms. The highest BCUT2D eigenvalue weighted by atomic mass is 19.3. The Labute approximate surface area is 86.4 Å². The van der Waals surface area contributed by atoms with E-state index in [4.69, 9.17) is 5.73 Å². The maximum absolute atomic E-state index is 12.5. The Morgan fingerprint density at radius 3 is 2.27 bits per heavy atom. The second-order valence-corrected chi connectivity index (χ2v) is 3.14. The minimum atomic E-state index is -2.47. The van der Waals surface area contributed by atoms with E-state index < -0.39 is 12.3 Å². The topological polar surface area (TPSA) is 26.0 Å². The molecule has 1 aromatic rings. The summed E-state index contributed by atoms with van der Waals surface area (Å²) in [5, 5.41) is 0. The molecule has 0 radical (unpaired) electrons. The number of nitrogens with two attached hydrogens (primary N) is 1. The summed E-state index contributed by atoms with van der Waals surface area (Å²) in [7, 11) is 0. The van der Waals surface area contributed by atoms with Crippen LogP contribution in [0.2, 0.25) is 0 Å². The average molecular weight is 215 g/mol. The fourth-order valence-electron chi connectivity index (χ4n) is 1.07. The predicted molar refractivity (Wildman–Crippen MR) is 54.0 cm³/mol. The lowest BCUT2D eigenvalue weighted by atomic mass is 10.1. The molecule has 1 nitrogen and oxygen atoms in total. The van der Waals surface area contributed by atoms with Crippen molar-refractivity contribution in [1.82, 2.24) is 0 Å². The highest BCUT2D eigenvalue weighted by molar-refractivity contribution is 5.49. The molecule has 0 amide bonds. The van der Waals surface area contributed by atoms with Crippen molar-refractivity contribution in [3.8, 4) is 0 Å². The average Bonchev–Trinajstić information content (AvgIpc) is 2.21. The van der Waals surface area contributed by atoms with Gasteiger partial charge in [-0.05, 0) is 17.7 Å². The van der Waals surface area contributed by atoms with Gasteiger partial charge in [-0.25, -0.2) is 13.2 Å².